The smallest absolute Gasteiger partial charge is 0.298 e. The molecular formula is C21H14Cl2N2O2S. The average Bonchev–Trinajstić information content (AvgIpc) is 3.23. The van der Waals surface area contributed by atoms with Crippen molar-refractivity contribution in [3.8, 4) is 5.69 Å². The van der Waals surface area contributed by atoms with Gasteiger partial charge in [-0.2, -0.15) is 0 Å². The Kier molecular flexibility index (Phi) is 5.06. The van der Waals surface area contributed by atoms with Crippen LogP contribution in [0.4, 0.5) is 10.5 Å². The van der Waals surface area contributed by atoms with Crippen LogP contribution in [0.25, 0.3) is 11.8 Å². The normalized spacial score (nSPS) is 15.7. The second-order valence-corrected chi connectivity index (χ2v) is 8.07. The number of benzene rings is 2. The van der Waals surface area contributed by atoms with Crippen LogP contribution in [-0.4, -0.2) is 15.7 Å². The number of nitrogens with zero attached hydrogens (tertiary/aromatic N) is 2. The molecule has 4 rings (SSSR count). The summed E-state index contributed by atoms with van der Waals surface area (Å²) in [7, 11) is 0. The maximum Gasteiger partial charge on any atom is 0.298 e. The monoisotopic (exact) mass is 428 g/mol. The Labute approximate surface area is 176 Å². The van der Waals surface area contributed by atoms with Gasteiger partial charge in [-0.3, -0.25) is 9.59 Å². The van der Waals surface area contributed by atoms with Gasteiger partial charge in [-0.15, -0.1) is 0 Å². The van der Waals surface area contributed by atoms with Gasteiger partial charge in [0.05, 0.1) is 10.6 Å². The Morgan fingerprint density at radius 1 is 0.964 bits per heavy atom. The predicted molar refractivity (Wildman–Crippen MR) is 115 cm³/mol. The third-order valence-electron chi connectivity index (χ3n) is 4.37. The van der Waals surface area contributed by atoms with Gasteiger partial charge in [-0.1, -0.05) is 29.3 Å². The lowest BCUT2D eigenvalue weighted by Gasteiger charge is -2.12. The third-order valence-corrected chi connectivity index (χ3v) is 5.90. The minimum atomic E-state index is -0.355. The van der Waals surface area contributed by atoms with Crippen molar-refractivity contribution in [1.82, 2.24) is 4.57 Å². The minimum Gasteiger partial charge on any atom is -0.317 e. The quantitative estimate of drug-likeness (QED) is 0.457. The maximum atomic E-state index is 12.8. The van der Waals surface area contributed by atoms with Crippen molar-refractivity contribution in [1.29, 1.82) is 0 Å². The van der Waals surface area contributed by atoms with Crippen molar-refractivity contribution in [3.63, 3.8) is 0 Å². The molecule has 3 aromatic rings. The molecule has 7 heteroatoms. The van der Waals surface area contributed by atoms with Gasteiger partial charge in [-0.05, 0) is 78.9 Å². The van der Waals surface area contributed by atoms with Crippen LogP contribution < -0.4 is 4.90 Å². The molecule has 2 amide bonds. The Bertz CT molecular complexity index is 1120. The summed E-state index contributed by atoms with van der Waals surface area (Å²) in [5.74, 6) is -0.355. The van der Waals surface area contributed by atoms with E-state index in [2.05, 4.69) is 0 Å². The summed E-state index contributed by atoms with van der Waals surface area (Å²) in [5, 5.41) is 0.871. The van der Waals surface area contributed by atoms with Gasteiger partial charge in [0.2, 0.25) is 0 Å². The van der Waals surface area contributed by atoms with Crippen LogP contribution in [-0.2, 0) is 4.79 Å². The zero-order chi connectivity index (χ0) is 19.8. The summed E-state index contributed by atoms with van der Waals surface area (Å²) in [5.41, 5.74) is 3.14. The molecule has 28 heavy (non-hydrogen) atoms. The molecule has 0 radical (unpaired) electrons. The van der Waals surface area contributed by atoms with Gasteiger partial charge in [0.1, 0.15) is 0 Å². The van der Waals surface area contributed by atoms with E-state index in [1.165, 1.54) is 0 Å². The number of aryl methyl sites for hydroxylation is 1. The van der Waals surface area contributed by atoms with E-state index in [-0.39, 0.29) is 11.1 Å². The van der Waals surface area contributed by atoms with Crippen LogP contribution in [0.1, 0.15) is 11.3 Å². The largest absolute Gasteiger partial charge is 0.317 e. The molecule has 0 aliphatic carbocycles. The SMILES string of the molecule is Cc1ccc(-n2cccc2/C=C2/SC(=O)N(c3ccc(Cl)cc3)C2=O)cc1Cl. The third kappa shape index (κ3) is 3.49. The molecular weight excluding hydrogens is 415 g/mol. The van der Waals surface area contributed by atoms with Crippen molar-refractivity contribution < 1.29 is 9.59 Å². The van der Waals surface area contributed by atoms with Gasteiger partial charge >= 0.3 is 0 Å². The van der Waals surface area contributed by atoms with E-state index in [0.717, 1.165) is 33.6 Å². The van der Waals surface area contributed by atoms with Crippen molar-refractivity contribution in [2.24, 2.45) is 0 Å². The van der Waals surface area contributed by atoms with Gasteiger partial charge < -0.3 is 4.57 Å². The number of rotatable bonds is 3. The summed E-state index contributed by atoms with van der Waals surface area (Å²) in [6.45, 7) is 1.94. The Balaban J connectivity index is 1.68. The molecule has 0 bridgehead atoms. The first-order valence-corrected chi connectivity index (χ1v) is 9.99. The molecule has 2 heterocycles. The molecule has 0 spiro atoms. The number of halogens is 2. The van der Waals surface area contributed by atoms with Gasteiger partial charge in [0.25, 0.3) is 11.1 Å². The number of thioether (sulfide) groups is 1. The van der Waals surface area contributed by atoms with E-state index in [9.17, 15) is 9.59 Å². The van der Waals surface area contributed by atoms with Crippen LogP contribution in [0.5, 0.6) is 0 Å². The first kappa shape index (κ1) is 18.9. The fourth-order valence-electron chi connectivity index (χ4n) is 2.89. The van der Waals surface area contributed by atoms with Crippen LogP contribution in [0.2, 0.25) is 10.0 Å². The topological polar surface area (TPSA) is 42.3 Å². The molecule has 1 saturated heterocycles. The average molecular weight is 429 g/mol. The molecule has 0 unspecified atom stereocenters. The number of anilines is 1. The van der Waals surface area contributed by atoms with Gasteiger partial charge in [-0.25, -0.2) is 4.90 Å². The number of imide groups is 1. The zero-order valence-electron chi connectivity index (χ0n) is 14.7. The van der Waals surface area contributed by atoms with E-state index in [0.29, 0.717) is 20.6 Å². The van der Waals surface area contributed by atoms with E-state index in [1.807, 2.05) is 48.0 Å². The Morgan fingerprint density at radius 3 is 2.39 bits per heavy atom. The molecule has 1 aromatic heterocycles. The molecule has 140 valence electrons. The highest BCUT2D eigenvalue weighted by atomic mass is 35.5. The number of hydrogen-bond acceptors (Lipinski definition) is 3. The molecule has 1 aliphatic heterocycles. The van der Waals surface area contributed by atoms with Crippen molar-refractivity contribution in [2.45, 2.75) is 6.92 Å². The molecule has 4 nitrogen and oxygen atoms in total. The maximum absolute atomic E-state index is 12.8. The van der Waals surface area contributed by atoms with Crippen LogP contribution >= 0.6 is 35.0 Å². The molecule has 0 atom stereocenters. The van der Waals surface area contributed by atoms with Crippen LogP contribution in [0.3, 0.4) is 0 Å². The number of carbonyl (C=O) groups is 2. The van der Waals surface area contributed by atoms with E-state index in [1.54, 1.807) is 30.3 Å². The molecule has 1 fully saturated rings. The molecule has 0 saturated carbocycles. The minimum absolute atomic E-state index is 0.338. The summed E-state index contributed by atoms with van der Waals surface area (Å²) in [6.07, 6.45) is 3.60. The van der Waals surface area contributed by atoms with Crippen molar-refractivity contribution in [3.05, 3.63) is 87.0 Å². The lowest BCUT2D eigenvalue weighted by molar-refractivity contribution is -0.113. The number of amides is 2. The number of carbonyl (C=O) groups excluding carboxylic acids is 2. The standard InChI is InChI=1S/C21H14Cl2N2O2S/c1-13-4-7-17(11-18(13)23)24-10-2-3-16(24)12-19-20(26)25(21(27)28-19)15-8-5-14(22)6-9-15/h2-12H,1H3/b19-12+. The highest BCUT2D eigenvalue weighted by molar-refractivity contribution is 8.19. The Morgan fingerprint density at radius 2 is 1.68 bits per heavy atom. The van der Waals surface area contributed by atoms with Gasteiger partial charge in [0, 0.05) is 27.6 Å². The summed E-state index contributed by atoms with van der Waals surface area (Å²) < 4.78 is 1.92. The Hall–Kier alpha value is -2.47. The zero-order valence-corrected chi connectivity index (χ0v) is 17.1. The fourth-order valence-corrected chi connectivity index (χ4v) is 4.02. The fraction of sp³-hybridized carbons (Fsp3) is 0.0476. The van der Waals surface area contributed by atoms with E-state index >= 15 is 0 Å². The molecule has 0 N–H and O–H groups in total. The summed E-state index contributed by atoms with van der Waals surface area (Å²) >= 11 is 13.1. The van der Waals surface area contributed by atoms with E-state index in [4.69, 9.17) is 23.2 Å². The van der Waals surface area contributed by atoms with Crippen LogP contribution in [0, 0.1) is 6.92 Å². The summed E-state index contributed by atoms with van der Waals surface area (Å²) in [4.78, 5) is 26.8. The highest BCUT2D eigenvalue weighted by Crippen LogP contribution is 2.36. The number of hydrogen-bond donors (Lipinski definition) is 0. The van der Waals surface area contributed by atoms with Crippen molar-refractivity contribution in [2.75, 3.05) is 4.90 Å². The predicted octanol–water partition coefficient (Wildman–Crippen LogP) is 6.33. The van der Waals surface area contributed by atoms with E-state index < -0.39 is 0 Å². The van der Waals surface area contributed by atoms with Crippen LogP contribution in [0.15, 0.2) is 65.7 Å². The van der Waals surface area contributed by atoms with Crippen molar-refractivity contribution >= 4 is 57.9 Å². The first-order chi connectivity index (χ1) is 13.4. The second-order valence-electron chi connectivity index (χ2n) is 6.23. The highest BCUT2D eigenvalue weighted by Gasteiger charge is 2.36. The summed E-state index contributed by atoms with van der Waals surface area (Å²) in [6, 6.07) is 16.1. The van der Waals surface area contributed by atoms with Gasteiger partial charge in [0.15, 0.2) is 0 Å². The first-order valence-electron chi connectivity index (χ1n) is 8.41. The lowest BCUT2D eigenvalue weighted by Crippen LogP contribution is -2.27. The lowest BCUT2D eigenvalue weighted by atomic mass is 10.2. The number of aromatic nitrogens is 1. The molecule has 1 aliphatic rings. The molecule has 2 aromatic carbocycles. The second kappa shape index (κ2) is 7.51.